The summed E-state index contributed by atoms with van der Waals surface area (Å²) in [5.41, 5.74) is 2.02. The summed E-state index contributed by atoms with van der Waals surface area (Å²) in [7, 11) is 0. The molecule has 0 aromatic carbocycles. The van der Waals surface area contributed by atoms with E-state index in [4.69, 9.17) is 0 Å². The van der Waals surface area contributed by atoms with E-state index in [1.165, 1.54) is 4.88 Å². The minimum Gasteiger partial charge on any atom is -0.307 e. The van der Waals surface area contributed by atoms with Gasteiger partial charge in [0.05, 0.1) is 11.9 Å². The molecule has 0 amide bonds. The van der Waals surface area contributed by atoms with Crippen molar-refractivity contribution >= 4 is 11.3 Å². The van der Waals surface area contributed by atoms with Gasteiger partial charge in [0.25, 0.3) is 0 Å². The number of rotatable bonds is 3. The molecule has 0 aliphatic rings. The Bertz CT molecular complexity index is 514. The van der Waals surface area contributed by atoms with Crippen LogP contribution in [0.25, 0.3) is 10.7 Å². The fraction of sp³-hybridized carbons (Fsp3) is 0.462. The summed E-state index contributed by atoms with van der Waals surface area (Å²) in [6.07, 6.45) is 5.12. The van der Waals surface area contributed by atoms with Gasteiger partial charge in [0.2, 0.25) is 0 Å². The number of hydrogen-bond donors (Lipinski definition) is 1. The van der Waals surface area contributed by atoms with E-state index in [2.05, 4.69) is 41.0 Å². The second kappa shape index (κ2) is 5.12. The summed E-state index contributed by atoms with van der Waals surface area (Å²) >= 11 is 1.68. The lowest BCUT2D eigenvalue weighted by Gasteiger charge is -2.19. The Kier molecular flexibility index (Phi) is 3.73. The summed E-state index contributed by atoms with van der Waals surface area (Å²) in [5, 5.41) is 4.41. The summed E-state index contributed by atoms with van der Waals surface area (Å²) in [4.78, 5) is 14.2. The standard InChI is InChI=1S/C13H18N4S/c1-9-11(8-16-13(2,3)4)18-12(17-9)10-7-14-5-6-15-10/h5-7,16H,8H2,1-4H3. The minimum atomic E-state index is 0.114. The minimum absolute atomic E-state index is 0.114. The van der Waals surface area contributed by atoms with Gasteiger partial charge in [-0.2, -0.15) is 0 Å². The van der Waals surface area contributed by atoms with Crippen molar-refractivity contribution in [3.63, 3.8) is 0 Å². The molecule has 5 heteroatoms. The van der Waals surface area contributed by atoms with Crippen LogP contribution < -0.4 is 5.32 Å². The Morgan fingerprint density at radius 1 is 1.28 bits per heavy atom. The fourth-order valence-electron chi connectivity index (χ4n) is 1.46. The zero-order valence-corrected chi connectivity index (χ0v) is 12.0. The lowest BCUT2D eigenvalue weighted by molar-refractivity contribution is 0.425. The topological polar surface area (TPSA) is 50.7 Å². The van der Waals surface area contributed by atoms with Crippen molar-refractivity contribution in [2.45, 2.75) is 39.8 Å². The molecule has 0 unspecified atom stereocenters. The maximum absolute atomic E-state index is 4.56. The molecule has 2 aromatic heterocycles. The summed E-state index contributed by atoms with van der Waals surface area (Å²) < 4.78 is 0. The van der Waals surface area contributed by atoms with Gasteiger partial charge in [0.1, 0.15) is 10.7 Å². The average molecular weight is 262 g/mol. The highest BCUT2D eigenvalue weighted by Crippen LogP contribution is 2.26. The van der Waals surface area contributed by atoms with Crippen LogP contribution in [0.4, 0.5) is 0 Å². The van der Waals surface area contributed by atoms with E-state index >= 15 is 0 Å². The van der Waals surface area contributed by atoms with Crippen LogP contribution in [-0.2, 0) is 6.54 Å². The molecule has 0 bridgehead atoms. The number of thiazole rings is 1. The van der Waals surface area contributed by atoms with E-state index in [0.717, 1.165) is 22.9 Å². The largest absolute Gasteiger partial charge is 0.307 e. The van der Waals surface area contributed by atoms with Gasteiger partial charge in [-0.25, -0.2) is 4.98 Å². The lowest BCUT2D eigenvalue weighted by atomic mass is 10.1. The van der Waals surface area contributed by atoms with Gasteiger partial charge in [0.15, 0.2) is 0 Å². The van der Waals surface area contributed by atoms with Crippen molar-refractivity contribution < 1.29 is 0 Å². The third-order valence-corrected chi connectivity index (χ3v) is 3.63. The van der Waals surface area contributed by atoms with Crippen LogP contribution in [0.3, 0.4) is 0 Å². The molecular weight excluding hydrogens is 244 g/mol. The Morgan fingerprint density at radius 2 is 2.06 bits per heavy atom. The molecule has 0 spiro atoms. The Morgan fingerprint density at radius 3 is 2.67 bits per heavy atom. The van der Waals surface area contributed by atoms with Crippen LogP contribution in [0.2, 0.25) is 0 Å². The van der Waals surface area contributed by atoms with Crippen molar-refractivity contribution in [3.05, 3.63) is 29.2 Å². The molecule has 0 fully saturated rings. The van der Waals surface area contributed by atoms with Crippen LogP contribution >= 0.6 is 11.3 Å². The van der Waals surface area contributed by atoms with Gasteiger partial charge in [-0.05, 0) is 27.7 Å². The zero-order chi connectivity index (χ0) is 13.2. The van der Waals surface area contributed by atoms with E-state index in [-0.39, 0.29) is 5.54 Å². The molecule has 18 heavy (non-hydrogen) atoms. The van der Waals surface area contributed by atoms with Gasteiger partial charge in [0, 0.05) is 29.4 Å². The van der Waals surface area contributed by atoms with Crippen molar-refractivity contribution in [1.82, 2.24) is 20.3 Å². The molecular formula is C13H18N4S. The van der Waals surface area contributed by atoms with Gasteiger partial charge >= 0.3 is 0 Å². The highest BCUT2D eigenvalue weighted by atomic mass is 32.1. The molecule has 0 atom stereocenters. The maximum atomic E-state index is 4.56. The van der Waals surface area contributed by atoms with Crippen molar-refractivity contribution in [2.75, 3.05) is 0 Å². The second-order valence-electron chi connectivity index (χ2n) is 5.22. The Hall–Kier alpha value is -1.33. The predicted molar refractivity (Wildman–Crippen MR) is 74.5 cm³/mol. The van der Waals surface area contributed by atoms with Gasteiger partial charge in [-0.15, -0.1) is 11.3 Å². The second-order valence-corrected chi connectivity index (χ2v) is 6.31. The summed E-state index contributed by atoms with van der Waals surface area (Å²) in [6, 6.07) is 0. The number of aryl methyl sites for hydroxylation is 1. The third-order valence-electron chi connectivity index (χ3n) is 2.45. The van der Waals surface area contributed by atoms with E-state index < -0.39 is 0 Å². The van der Waals surface area contributed by atoms with Gasteiger partial charge < -0.3 is 5.32 Å². The SMILES string of the molecule is Cc1nc(-c2cnccn2)sc1CNC(C)(C)C. The number of hydrogen-bond acceptors (Lipinski definition) is 5. The molecule has 0 saturated heterocycles. The normalized spacial score (nSPS) is 11.8. The van der Waals surface area contributed by atoms with E-state index in [0.29, 0.717) is 0 Å². The van der Waals surface area contributed by atoms with Gasteiger partial charge in [-0.3, -0.25) is 9.97 Å². The lowest BCUT2D eigenvalue weighted by Crippen LogP contribution is -2.34. The fourth-order valence-corrected chi connectivity index (χ4v) is 2.42. The molecule has 0 aliphatic carbocycles. The molecule has 0 saturated carbocycles. The number of nitrogens with one attached hydrogen (secondary N) is 1. The smallest absolute Gasteiger partial charge is 0.144 e. The Labute approximate surface area is 112 Å². The molecule has 1 N–H and O–H groups in total. The van der Waals surface area contributed by atoms with Crippen LogP contribution in [0.15, 0.2) is 18.6 Å². The van der Waals surface area contributed by atoms with Crippen molar-refractivity contribution in [3.8, 4) is 10.7 Å². The first kappa shape index (κ1) is 13.1. The number of aromatic nitrogens is 3. The first-order valence-electron chi connectivity index (χ1n) is 5.93. The molecule has 0 aliphatic heterocycles. The molecule has 2 heterocycles. The molecule has 4 nitrogen and oxygen atoms in total. The molecule has 96 valence electrons. The van der Waals surface area contributed by atoms with Crippen molar-refractivity contribution in [2.24, 2.45) is 0 Å². The molecule has 0 radical (unpaired) electrons. The highest BCUT2D eigenvalue weighted by molar-refractivity contribution is 7.15. The van der Waals surface area contributed by atoms with Crippen LogP contribution in [-0.4, -0.2) is 20.5 Å². The molecule has 2 aromatic rings. The van der Waals surface area contributed by atoms with Crippen LogP contribution in [0.5, 0.6) is 0 Å². The third kappa shape index (κ3) is 3.34. The van der Waals surface area contributed by atoms with Crippen molar-refractivity contribution in [1.29, 1.82) is 0 Å². The summed E-state index contributed by atoms with van der Waals surface area (Å²) in [6.45, 7) is 9.36. The van der Waals surface area contributed by atoms with Gasteiger partial charge in [-0.1, -0.05) is 0 Å². The summed E-state index contributed by atoms with van der Waals surface area (Å²) in [5.74, 6) is 0. The maximum Gasteiger partial charge on any atom is 0.144 e. The Balaban J connectivity index is 2.17. The van der Waals surface area contributed by atoms with Crippen LogP contribution in [0, 0.1) is 6.92 Å². The average Bonchev–Trinajstić information content (AvgIpc) is 2.68. The molecule has 2 rings (SSSR count). The number of nitrogens with zero attached hydrogens (tertiary/aromatic N) is 3. The van der Waals surface area contributed by atoms with E-state index in [9.17, 15) is 0 Å². The highest BCUT2D eigenvalue weighted by Gasteiger charge is 2.13. The van der Waals surface area contributed by atoms with E-state index in [1.807, 2.05) is 6.92 Å². The first-order chi connectivity index (χ1) is 8.46. The monoisotopic (exact) mass is 262 g/mol. The van der Waals surface area contributed by atoms with Crippen LogP contribution in [0.1, 0.15) is 31.3 Å². The zero-order valence-electron chi connectivity index (χ0n) is 11.2. The first-order valence-corrected chi connectivity index (χ1v) is 6.75. The van der Waals surface area contributed by atoms with E-state index in [1.54, 1.807) is 29.9 Å². The quantitative estimate of drug-likeness (QED) is 0.924. The predicted octanol–water partition coefficient (Wildman–Crippen LogP) is 2.80.